The number of anilines is 1. The first-order chi connectivity index (χ1) is 11.5. The summed E-state index contributed by atoms with van der Waals surface area (Å²) in [6, 6.07) is 14.6. The first kappa shape index (κ1) is 18.0. The van der Waals surface area contributed by atoms with Crippen LogP contribution in [0.3, 0.4) is 0 Å². The number of esters is 1. The topological polar surface area (TPSA) is 55.4 Å². The fraction of sp³-hybridized carbons (Fsp3) is 0.263. The van der Waals surface area contributed by atoms with Crippen LogP contribution in [0.1, 0.15) is 30.4 Å². The summed E-state index contributed by atoms with van der Waals surface area (Å²) >= 11 is 6.02. The highest BCUT2D eigenvalue weighted by molar-refractivity contribution is 6.31. The molecule has 0 heterocycles. The van der Waals surface area contributed by atoms with Crippen molar-refractivity contribution in [2.45, 2.75) is 26.2 Å². The van der Waals surface area contributed by atoms with Crippen molar-refractivity contribution in [1.82, 2.24) is 0 Å². The summed E-state index contributed by atoms with van der Waals surface area (Å²) in [4.78, 5) is 24.2. The molecule has 1 atom stereocenters. The molecular formula is C19H20ClNO3. The second-order valence-electron chi connectivity index (χ2n) is 5.44. The molecule has 0 spiro atoms. The van der Waals surface area contributed by atoms with E-state index >= 15 is 0 Å². The average Bonchev–Trinajstić information content (AvgIpc) is 2.59. The zero-order valence-electron chi connectivity index (χ0n) is 13.7. The van der Waals surface area contributed by atoms with Gasteiger partial charge in [0, 0.05) is 10.7 Å². The number of benzene rings is 2. The van der Waals surface area contributed by atoms with Crippen molar-refractivity contribution in [3.63, 3.8) is 0 Å². The van der Waals surface area contributed by atoms with Gasteiger partial charge in [0.15, 0.2) is 6.61 Å². The van der Waals surface area contributed by atoms with Gasteiger partial charge in [-0.05, 0) is 36.6 Å². The Balaban J connectivity index is 1.93. The molecule has 24 heavy (non-hydrogen) atoms. The third-order valence-electron chi connectivity index (χ3n) is 3.78. The fourth-order valence-corrected chi connectivity index (χ4v) is 2.56. The Hall–Kier alpha value is -2.33. The molecule has 2 rings (SSSR count). The fourth-order valence-electron chi connectivity index (χ4n) is 2.39. The summed E-state index contributed by atoms with van der Waals surface area (Å²) in [6.45, 7) is 3.40. The minimum atomic E-state index is -0.401. The van der Waals surface area contributed by atoms with Crippen LogP contribution in [0.2, 0.25) is 5.02 Å². The normalized spacial score (nSPS) is 11.6. The van der Waals surface area contributed by atoms with E-state index in [1.54, 1.807) is 18.2 Å². The smallest absolute Gasteiger partial charge is 0.313 e. The van der Waals surface area contributed by atoms with E-state index in [4.69, 9.17) is 16.3 Å². The van der Waals surface area contributed by atoms with Crippen LogP contribution < -0.4 is 5.32 Å². The van der Waals surface area contributed by atoms with Gasteiger partial charge in [-0.1, -0.05) is 54.9 Å². The van der Waals surface area contributed by atoms with Crippen molar-refractivity contribution in [2.75, 3.05) is 11.9 Å². The van der Waals surface area contributed by atoms with E-state index in [0.29, 0.717) is 17.1 Å². The van der Waals surface area contributed by atoms with Gasteiger partial charge in [0.05, 0.1) is 5.92 Å². The van der Waals surface area contributed by atoms with Crippen LogP contribution in [0.25, 0.3) is 0 Å². The monoisotopic (exact) mass is 345 g/mol. The molecule has 2 aromatic rings. The summed E-state index contributed by atoms with van der Waals surface area (Å²) in [7, 11) is 0. The summed E-state index contributed by atoms with van der Waals surface area (Å²) in [5.74, 6) is -1.16. The van der Waals surface area contributed by atoms with Gasteiger partial charge in [0.1, 0.15) is 0 Å². The van der Waals surface area contributed by atoms with Gasteiger partial charge >= 0.3 is 5.97 Å². The predicted molar refractivity (Wildman–Crippen MR) is 95.3 cm³/mol. The SMILES string of the molecule is CC[C@@H](C(=O)OCC(=O)Nc1cccc(Cl)c1C)c1ccccc1. The molecule has 0 radical (unpaired) electrons. The van der Waals surface area contributed by atoms with E-state index in [9.17, 15) is 9.59 Å². The standard InChI is InChI=1S/C19H20ClNO3/c1-3-15(14-8-5-4-6-9-14)19(23)24-12-18(22)21-17-11-7-10-16(20)13(17)2/h4-11,15H,3,12H2,1-2H3,(H,21,22)/t15-/m1/s1. The zero-order chi connectivity index (χ0) is 17.5. The second-order valence-corrected chi connectivity index (χ2v) is 5.85. The Morgan fingerprint density at radius 1 is 1.12 bits per heavy atom. The van der Waals surface area contributed by atoms with E-state index < -0.39 is 11.9 Å². The Kier molecular flexibility index (Phi) is 6.38. The highest BCUT2D eigenvalue weighted by atomic mass is 35.5. The van der Waals surface area contributed by atoms with E-state index in [1.165, 1.54) is 0 Å². The maximum absolute atomic E-state index is 12.2. The highest BCUT2D eigenvalue weighted by Crippen LogP contribution is 2.23. The van der Waals surface area contributed by atoms with Crippen LogP contribution in [-0.4, -0.2) is 18.5 Å². The van der Waals surface area contributed by atoms with E-state index in [1.807, 2.05) is 44.2 Å². The van der Waals surface area contributed by atoms with Crippen molar-refractivity contribution in [3.05, 3.63) is 64.7 Å². The van der Waals surface area contributed by atoms with Gasteiger partial charge in [-0.15, -0.1) is 0 Å². The van der Waals surface area contributed by atoms with Crippen molar-refractivity contribution in [3.8, 4) is 0 Å². The molecular weight excluding hydrogens is 326 g/mol. The minimum absolute atomic E-state index is 0.325. The molecule has 0 aromatic heterocycles. The largest absolute Gasteiger partial charge is 0.455 e. The molecule has 5 heteroatoms. The molecule has 1 amide bonds. The van der Waals surface area contributed by atoms with E-state index in [2.05, 4.69) is 5.32 Å². The Morgan fingerprint density at radius 2 is 1.83 bits per heavy atom. The van der Waals surface area contributed by atoms with Gasteiger partial charge in [0.25, 0.3) is 5.91 Å². The van der Waals surface area contributed by atoms with E-state index in [-0.39, 0.29) is 12.5 Å². The summed E-state index contributed by atoms with van der Waals surface area (Å²) in [5.41, 5.74) is 2.27. The molecule has 0 bridgehead atoms. The van der Waals surface area contributed by atoms with Crippen molar-refractivity contribution in [1.29, 1.82) is 0 Å². The lowest BCUT2D eigenvalue weighted by Crippen LogP contribution is -2.24. The van der Waals surface area contributed by atoms with Crippen LogP contribution in [0.4, 0.5) is 5.69 Å². The van der Waals surface area contributed by atoms with Gasteiger partial charge in [-0.2, -0.15) is 0 Å². The van der Waals surface area contributed by atoms with Gasteiger partial charge < -0.3 is 10.1 Å². The molecule has 0 aliphatic carbocycles. The molecule has 0 aliphatic heterocycles. The van der Waals surface area contributed by atoms with Crippen LogP contribution >= 0.6 is 11.6 Å². The molecule has 0 unspecified atom stereocenters. The van der Waals surface area contributed by atoms with Gasteiger partial charge in [-0.3, -0.25) is 9.59 Å². The quantitative estimate of drug-likeness (QED) is 0.793. The number of amides is 1. The zero-order valence-corrected chi connectivity index (χ0v) is 14.5. The van der Waals surface area contributed by atoms with Crippen LogP contribution in [0, 0.1) is 6.92 Å². The maximum Gasteiger partial charge on any atom is 0.313 e. The third kappa shape index (κ3) is 4.59. The first-order valence-corrected chi connectivity index (χ1v) is 8.17. The molecule has 2 aromatic carbocycles. The minimum Gasteiger partial charge on any atom is -0.455 e. The molecule has 1 N–H and O–H groups in total. The Morgan fingerprint density at radius 3 is 2.50 bits per heavy atom. The van der Waals surface area contributed by atoms with E-state index in [0.717, 1.165) is 11.1 Å². The third-order valence-corrected chi connectivity index (χ3v) is 4.19. The lowest BCUT2D eigenvalue weighted by molar-refractivity contribution is -0.149. The second kappa shape index (κ2) is 8.50. The molecule has 0 saturated carbocycles. The Labute approximate surface area is 146 Å². The molecule has 126 valence electrons. The Bertz CT molecular complexity index is 716. The summed E-state index contributed by atoms with van der Waals surface area (Å²) in [5, 5.41) is 3.27. The van der Waals surface area contributed by atoms with Crippen LogP contribution in [-0.2, 0) is 14.3 Å². The number of carbonyl (C=O) groups excluding carboxylic acids is 2. The summed E-state index contributed by atoms with van der Waals surface area (Å²) < 4.78 is 5.17. The number of rotatable bonds is 6. The first-order valence-electron chi connectivity index (χ1n) is 7.79. The number of hydrogen-bond donors (Lipinski definition) is 1. The van der Waals surface area contributed by atoms with Crippen LogP contribution in [0.5, 0.6) is 0 Å². The van der Waals surface area contributed by atoms with Crippen molar-refractivity contribution < 1.29 is 14.3 Å². The highest BCUT2D eigenvalue weighted by Gasteiger charge is 2.21. The van der Waals surface area contributed by atoms with Crippen molar-refractivity contribution >= 4 is 29.2 Å². The number of nitrogens with one attached hydrogen (secondary N) is 1. The maximum atomic E-state index is 12.2. The number of ether oxygens (including phenoxy) is 1. The lowest BCUT2D eigenvalue weighted by atomic mass is 9.97. The van der Waals surface area contributed by atoms with Gasteiger partial charge in [0.2, 0.25) is 0 Å². The molecule has 0 aliphatic rings. The predicted octanol–water partition coefficient (Wildman–Crippen LogP) is 4.32. The molecule has 0 fully saturated rings. The van der Waals surface area contributed by atoms with Crippen LogP contribution in [0.15, 0.2) is 48.5 Å². The average molecular weight is 346 g/mol. The summed E-state index contributed by atoms with van der Waals surface area (Å²) in [6.07, 6.45) is 0.609. The van der Waals surface area contributed by atoms with Crippen molar-refractivity contribution in [2.24, 2.45) is 0 Å². The number of hydrogen-bond acceptors (Lipinski definition) is 3. The molecule has 4 nitrogen and oxygen atoms in total. The number of carbonyl (C=O) groups is 2. The molecule has 0 saturated heterocycles. The lowest BCUT2D eigenvalue weighted by Gasteiger charge is -2.15. The van der Waals surface area contributed by atoms with Gasteiger partial charge in [-0.25, -0.2) is 0 Å². The number of halogens is 1.